The maximum Gasteiger partial charge on any atom is 0.316 e. The number of urea groups is 1. The Morgan fingerprint density at radius 2 is 1.60 bits per heavy atom. The molecule has 3 heterocycles. The minimum atomic E-state index is -1.28. The van der Waals surface area contributed by atoms with Crippen LogP contribution in [0.1, 0.15) is 80.1 Å². The van der Waals surface area contributed by atoms with Crippen LogP contribution in [0.5, 0.6) is 0 Å². The van der Waals surface area contributed by atoms with Crippen LogP contribution in [-0.4, -0.2) is 116 Å². The molecule has 1 saturated carbocycles. The molecule has 4 rings (SSSR count). The van der Waals surface area contributed by atoms with Crippen LogP contribution in [0, 0.1) is 23.2 Å². The number of alkyl halides is 2. The number of primary amides is 1. The predicted octanol–water partition coefficient (Wildman–Crippen LogP) is 2.39. The third kappa shape index (κ3) is 9.88. The van der Waals surface area contributed by atoms with E-state index in [-0.39, 0.29) is 37.1 Å². The number of carbonyl (C=O) groups excluding carboxylic acids is 6. The van der Waals surface area contributed by atoms with Gasteiger partial charge in [-0.25, -0.2) is 14.8 Å². The van der Waals surface area contributed by atoms with E-state index in [9.17, 15) is 28.8 Å². The van der Waals surface area contributed by atoms with Crippen LogP contribution in [0.3, 0.4) is 0 Å². The monoisotopic (exact) mass is 779 g/mol. The fourth-order valence-corrected chi connectivity index (χ4v) is 7.76. The molecule has 2 saturated heterocycles. The van der Waals surface area contributed by atoms with Gasteiger partial charge in [0.05, 0.1) is 6.04 Å². The quantitative estimate of drug-likeness (QED) is 0.162. The Balaban J connectivity index is 1.51. The van der Waals surface area contributed by atoms with Crippen molar-refractivity contribution in [2.45, 2.75) is 109 Å². The van der Waals surface area contributed by atoms with Crippen molar-refractivity contribution in [3.63, 3.8) is 0 Å². The zero-order valence-corrected chi connectivity index (χ0v) is 33.1. The molecule has 294 valence electrons. The van der Waals surface area contributed by atoms with Crippen LogP contribution >= 0.6 is 23.2 Å². The van der Waals surface area contributed by atoms with Gasteiger partial charge >= 0.3 is 6.03 Å². The summed E-state index contributed by atoms with van der Waals surface area (Å²) in [5.41, 5.74) is 3.18. The molecule has 5 N–H and O–H groups in total. The van der Waals surface area contributed by atoms with Gasteiger partial charge in [0.1, 0.15) is 22.5 Å². The Hall–Kier alpha value is -3.72. The van der Waals surface area contributed by atoms with Gasteiger partial charge in [-0.1, -0.05) is 60.8 Å². The molecule has 17 heteroatoms. The Morgan fingerprint density at radius 3 is 2.09 bits per heavy atom. The summed E-state index contributed by atoms with van der Waals surface area (Å²) in [4.78, 5) is 93.8. The lowest BCUT2D eigenvalue weighted by Crippen LogP contribution is -2.67. The highest BCUT2D eigenvalue weighted by atomic mass is 35.5. The van der Waals surface area contributed by atoms with Gasteiger partial charge in [-0.3, -0.25) is 24.0 Å². The number of hydrogen-bond acceptors (Lipinski definition) is 9. The number of anilines is 1. The first-order valence-electron chi connectivity index (χ1n) is 18.5. The number of rotatable bonds is 14. The topological polar surface area (TPSA) is 200 Å². The van der Waals surface area contributed by atoms with E-state index in [4.69, 9.17) is 28.9 Å². The first kappa shape index (κ1) is 42.0. The number of ketones is 1. The standard InChI is InChI=1S/C36H55Cl2N9O6/c1-7-36(21(2)3,32(52)45-14-16-46(17-15-45)33-40-12-9-13-41-33)44-34(53)43-27(35(4,5)6)31(51)47-20-23(28(37)38)19-25(47)30(50)42-24(26(48)29(39)49)18-22-10-8-11-22/h9,12-13,21-25,27-28H,7-8,10-11,14-20H2,1-6H3,(H2,39,49)(H,42,50)(H2,43,44,53)/t23-,24?,25+,27-,36?/m1/s1. The van der Waals surface area contributed by atoms with Gasteiger partial charge in [-0.15, -0.1) is 23.2 Å². The first-order chi connectivity index (χ1) is 24.9. The number of amides is 6. The lowest BCUT2D eigenvalue weighted by atomic mass is 9.80. The molecule has 3 fully saturated rings. The molecular formula is C36H55Cl2N9O6. The zero-order valence-electron chi connectivity index (χ0n) is 31.6. The van der Waals surface area contributed by atoms with Gasteiger partial charge < -0.3 is 36.4 Å². The summed E-state index contributed by atoms with van der Waals surface area (Å²) in [6.45, 7) is 12.8. The Bertz CT molecular complexity index is 1500. The van der Waals surface area contributed by atoms with Crippen molar-refractivity contribution >= 4 is 64.6 Å². The number of halogens is 2. The normalized spacial score (nSPS) is 21.7. The molecule has 5 atom stereocenters. The summed E-state index contributed by atoms with van der Waals surface area (Å²) >= 11 is 12.6. The van der Waals surface area contributed by atoms with Gasteiger partial charge in [-0.05, 0) is 42.6 Å². The highest BCUT2D eigenvalue weighted by Crippen LogP contribution is 2.35. The van der Waals surface area contributed by atoms with Crippen LogP contribution in [0.2, 0.25) is 0 Å². The number of carbonyl (C=O) groups is 6. The van der Waals surface area contributed by atoms with E-state index in [1.165, 1.54) is 4.90 Å². The highest BCUT2D eigenvalue weighted by molar-refractivity contribution is 6.44. The second-order valence-electron chi connectivity index (χ2n) is 15.9. The third-order valence-corrected chi connectivity index (χ3v) is 11.7. The number of nitrogens with two attached hydrogens (primary N) is 1. The summed E-state index contributed by atoms with van der Waals surface area (Å²) in [6, 6.07) is -2.33. The minimum Gasteiger partial charge on any atom is -0.363 e. The number of piperazine rings is 1. The van der Waals surface area contributed by atoms with E-state index in [0.717, 1.165) is 19.3 Å². The van der Waals surface area contributed by atoms with Crippen LogP contribution in [-0.2, 0) is 24.0 Å². The van der Waals surface area contributed by atoms with E-state index in [1.807, 2.05) is 25.7 Å². The molecule has 2 unspecified atom stereocenters. The van der Waals surface area contributed by atoms with E-state index >= 15 is 0 Å². The van der Waals surface area contributed by atoms with Crippen LogP contribution in [0.25, 0.3) is 0 Å². The number of nitrogens with one attached hydrogen (secondary N) is 3. The average molecular weight is 781 g/mol. The summed E-state index contributed by atoms with van der Waals surface area (Å²) in [6.07, 6.45) is 6.74. The highest BCUT2D eigenvalue weighted by Gasteiger charge is 2.49. The van der Waals surface area contributed by atoms with Crippen molar-refractivity contribution in [2.75, 3.05) is 37.6 Å². The maximum absolute atomic E-state index is 14.5. The molecule has 0 bridgehead atoms. The van der Waals surface area contributed by atoms with E-state index in [0.29, 0.717) is 38.5 Å². The fourth-order valence-electron chi connectivity index (χ4n) is 7.40. The van der Waals surface area contributed by atoms with Crippen molar-refractivity contribution in [3.05, 3.63) is 18.5 Å². The molecule has 0 radical (unpaired) electrons. The van der Waals surface area contributed by atoms with Gasteiger partial charge in [0.2, 0.25) is 29.5 Å². The van der Waals surface area contributed by atoms with E-state index in [2.05, 4.69) is 25.9 Å². The molecule has 0 spiro atoms. The Labute approximate surface area is 321 Å². The van der Waals surface area contributed by atoms with Gasteiger partial charge in [0, 0.05) is 51.0 Å². The fraction of sp³-hybridized carbons (Fsp3) is 0.722. The summed E-state index contributed by atoms with van der Waals surface area (Å²) < 4.78 is 0. The van der Waals surface area contributed by atoms with Crippen molar-refractivity contribution in [3.8, 4) is 0 Å². The molecule has 15 nitrogen and oxygen atoms in total. The van der Waals surface area contributed by atoms with E-state index in [1.54, 1.807) is 44.1 Å². The van der Waals surface area contributed by atoms with Crippen molar-refractivity contribution in [1.82, 2.24) is 35.7 Å². The largest absolute Gasteiger partial charge is 0.363 e. The molecule has 6 amide bonds. The average Bonchev–Trinajstić information content (AvgIpc) is 3.56. The number of hydrogen-bond donors (Lipinski definition) is 4. The van der Waals surface area contributed by atoms with Gasteiger partial charge in [0.15, 0.2) is 0 Å². The summed E-state index contributed by atoms with van der Waals surface area (Å²) in [7, 11) is 0. The zero-order chi connectivity index (χ0) is 39.2. The van der Waals surface area contributed by atoms with Gasteiger partial charge in [0.25, 0.3) is 5.91 Å². The number of nitrogens with zero attached hydrogens (tertiary/aromatic N) is 5. The number of Topliss-reactive ketones (excluding diaryl/α,β-unsaturated/α-hetero) is 1. The van der Waals surface area contributed by atoms with Crippen molar-refractivity contribution in [1.29, 1.82) is 0 Å². The molecule has 1 aliphatic carbocycles. The van der Waals surface area contributed by atoms with Crippen LogP contribution in [0.15, 0.2) is 18.5 Å². The smallest absolute Gasteiger partial charge is 0.316 e. The van der Waals surface area contributed by atoms with Crippen LogP contribution in [0.4, 0.5) is 10.7 Å². The predicted molar refractivity (Wildman–Crippen MR) is 201 cm³/mol. The molecule has 1 aromatic heterocycles. The summed E-state index contributed by atoms with van der Waals surface area (Å²) in [5.74, 6) is -3.51. The molecule has 2 aliphatic heterocycles. The molecular weight excluding hydrogens is 725 g/mol. The third-order valence-electron chi connectivity index (χ3n) is 11.0. The summed E-state index contributed by atoms with van der Waals surface area (Å²) in [5, 5.41) is 8.47. The second-order valence-corrected chi connectivity index (χ2v) is 17.0. The lowest BCUT2D eigenvalue weighted by Gasteiger charge is -2.43. The Morgan fingerprint density at radius 1 is 0.981 bits per heavy atom. The SMILES string of the molecule is CCC(NC(=O)N[C@H](C(=O)N1C[C@H](C(Cl)Cl)C[C@H]1C(=O)NC(CC1CCC1)C(=O)C(N)=O)C(C)(C)C)(C(=O)N1CCN(c2ncccn2)CC1)C(C)C. The maximum atomic E-state index is 14.5. The Kier molecular flexibility index (Phi) is 14.0. The molecule has 3 aliphatic rings. The van der Waals surface area contributed by atoms with E-state index < -0.39 is 69.4 Å². The molecule has 53 heavy (non-hydrogen) atoms. The number of aromatic nitrogens is 2. The first-order valence-corrected chi connectivity index (χ1v) is 19.4. The lowest BCUT2D eigenvalue weighted by molar-refractivity contribution is -0.143. The van der Waals surface area contributed by atoms with Gasteiger partial charge in [-0.2, -0.15) is 0 Å². The minimum absolute atomic E-state index is 0.0187. The number of likely N-dealkylation sites (tertiary alicyclic amines) is 1. The van der Waals surface area contributed by atoms with Crippen LogP contribution < -0.4 is 26.6 Å². The second kappa shape index (κ2) is 17.6. The molecule has 1 aromatic rings. The molecule has 0 aromatic carbocycles. The van der Waals surface area contributed by atoms with Crippen molar-refractivity contribution in [2.24, 2.45) is 28.9 Å². The van der Waals surface area contributed by atoms with Crippen molar-refractivity contribution < 1.29 is 28.8 Å².